The van der Waals surface area contributed by atoms with Gasteiger partial charge < -0.3 is 20.6 Å². The van der Waals surface area contributed by atoms with Crippen LogP contribution in [0.25, 0.3) is 0 Å². The predicted molar refractivity (Wildman–Crippen MR) is 126 cm³/mol. The molecule has 3 atom stereocenters. The van der Waals surface area contributed by atoms with Gasteiger partial charge in [-0.25, -0.2) is 0 Å². The minimum Gasteiger partial charge on any atom is -0.396 e. The minimum absolute atomic E-state index is 0.0765. The van der Waals surface area contributed by atoms with E-state index in [9.17, 15) is 9.90 Å². The molecule has 2 aliphatic rings. The number of amides is 1. The van der Waals surface area contributed by atoms with Crippen molar-refractivity contribution in [3.05, 3.63) is 30.5 Å². The number of carbonyl (C=O) groups excluding carboxylic acids is 1. The van der Waals surface area contributed by atoms with Crippen molar-refractivity contribution in [2.45, 2.75) is 51.5 Å². The minimum atomic E-state index is -0.229. The number of hydrogen-bond acceptors (Lipinski definition) is 9. The van der Waals surface area contributed by atoms with Crippen LogP contribution in [0.2, 0.25) is 0 Å². The molecular weight excluding hydrogens is 426 g/mol. The molecule has 0 bridgehead atoms. The summed E-state index contributed by atoms with van der Waals surface area (Å²) < 4.78 is 0. The summed E-state index contributed by atoms with van der Waals surface area (Å²) in [5.74, 6) is 1.26. The zero-order valence-corrected chi connectivity index (χ0v) is 19.3. The predicted octanol–water partition coefficient (Wildman–Crippen LogP) is 3.09. The molecule has 0 aromatic carbocycles. The van der Waals surface area contributed by atoms with Crippen LogP contribution in [0.1, 0.15) is 45.4 Å². The highest BCUT2D eigenvalue weighted by atomic mass is 32.1. The molecule has 172 valence electrons. The molecule has 2 aromatic heterocycles. The zero-order valence-electron chi connectivity index (χ0n) is 18.5. The van der Waals surface area contributed by atoms with Crippen LogP contribution in [0.3, 0.4) is 0 Å². The van der Waals surface area contributed by atoms with Gasteiger partial charge in [-0.15, -0.1) is 15.3 Å². The largest absolute Gasteiger partial charge is 0.396 e. The van der Waals surface area contributed by atoms with Gasteiger partial charge in [0.05, 0.1) is 0 Å². The van der Waals surface area contributed by atoms with Crippen molar-refractivity contribution >= 4 is 33.3 Å². The number of nitrogens with one attached hydrogen (secondary N) is 2. The van der Waals surface area contributed by atoms with E-state index in [0.29, 0.717) is 29.0 Å². The lowest BCUT2D eigenvalue weighted by Gasteiger charge is -2.40. The quantitative estimate of drug-likeness (QED) is 0.518. The summed E-state index contributed by atoms with van der Waals surface area (Å²) in [5, 5.41) is 33.5. The van der Waals surface area contributed by atoms with Crippen molar-refractivity contribution in [3.63, 3.8) is 0 Å². The number of allylic oxidation sites excluding steroid dienone is 1. The molecule has 1 amide bonds. The summed E-state index contributed by atoms with van der Waals surface area (Å²) in [7, 11) is 0. The summed E-state index contributed by atoms with van der Waals surface area (Å²) in [6, 6.07) is 4.08. The fraction of sp³-hybridized carbons (Fsp3) is 0.591. The number of anilines is 3. The topological polar surface area (TPSA) is 116 Å². The number of aromatic nitrogens is 4. The number of carbonyl (C=O) groups is 1. The van der Waals surface area contributed by atoms with Gasteiger partial charge in [-0.1, -0.05) is 30.4 Å². The highest BCUT2D eigenvalue weighted by Gasteiger charge is 2.38. The van der Waals surface area contributed by atoms with Crippen LogP contribution in [0.4, 0.5) is 16.1 Å². The molecule has 3 N–H and O–H groups in total. The van der Waals surface area contributed by atoms with Gasteiger partial charge in [-0.3, -0.25) is 4.79 Å². The maximum absolute atomic E-state index is 12.8. The van der Waals surface area contributed by atoms with Crippen molar-refractivity contribution < 1.29 is 9.90 Å². The Bertz CT molecular complexity index is 937. The fourth-order valence-corrected chi connectivity index (χ4v) is 5.93. The van der Waals surface area contributed by atoms with Gasteiger partial charge in [0.15, 0.2) is 5.82 Å². The normalized spacial score (nSPS) is 25.7. The fourth-order valence-electron chi connectivity index (χ4n) is 5.19. The summed E-state index contributed by atoms with van der Waals surface area (Å²) in [6.07, 6.45) is 6.30. The van der Waals surface area contributed by atoms with Crippen LogP contribution in [-0.4, -0.2) is 57.1 Å². The molecule has 2 fully saturated rings. The van der Waals surface area contributed by atoms with E-state index in [1.807, 2.05) is 12.1 Å². The summed E-state index contributed by atoms with van der Waals surface area (Å²) in [6.45, 7) is 8.13. The van der Waals surface area contributed by atoms with Crippen LogP contribution >= 0.6 is 11.3 Å². The molecular formula is C22H31N7O2S. The maximum Gasteiger partial charge on any atom is 0.226 e. The highest BCUT2D eigenvalue weighted by Crippen LogP contribution is 2.46. The lowest BCUT2D eigenvalue weighted by Crippen LogP contribution is -2.34. The van der Waals surface area contributed by atoms with E-state index in [1.54, 1.807) is 6.20 Å². The Morgan fingerprint density at radius 3 is 2.97 bits per heavy atom. The van der Waals surface area contributed by atoms with E-state index in [4.69, 9.17) is 0 Å². The first-order valence-electron chi connectivity index (χ1n) is 11.1. The standard InChI is InChI=1S/C22H31N7O2S/c1-15-10-16(2)12-22(11-15,6-9-30)13-19(31)25-21-28-27-20(32-21)24-17-5-8-29(14-17)18-4-3-7-23-26-18/h3-4,7,16-17,30H,1,5-6,8-14H2,2H3,(H,24,27)(H,25,28,31). The zero-order chi connectivity index (χ0) is 22.6. The van der Waals surface area contributed by atoms with Crippen LogP contribution < -0.4 is 15.5 Å². The third kappa shape index (κ3) is 5.60. The van der Waals surface area contributed by atoms with E-state index in [0.717, 1.165) is 44.6 Å². The van der Waals surface area contributed by atoms with Gasteiger partial charge in [-0.05, 0) is 55.6 Å². The first-order valence-corrected chi connectivity index (χ1v) is 12.0. The van der Waals surface area contributed by atoms with Crippen molar-refractivity contribution in [1.82, 2.24) is 20.4 Å². The third-order valence-electron chi connectivity index (χ3n) is 6.29. The Morgan fingerprint density at radius 1 is 1.38 bits per heavy atom. The second kappa shape index (κ2) is 9.91. The Labute approximate surface area is 192 Å². The second-order valence-corrected chi connectivity index (χ2v) is 10.2. The number of rotatable bonds is 8. The molecule has 3 heterocycles. The Morgan fingerprint density at radius 2 is 2.22 bits per heavy atom. The van der Waals surface area contributed by atoms with Crippen LogP contribution in [0, 0.1) is 11.3 Å². The van der Waals surface area contributed by atoms with E-state index < -0.39 is 0 Å². The van der Waals surface area contributed by atoms with E-state index in [-0.39, 0.29) is 24.0 Å². The highest BCUT2D eigenvalue weighted by molar-refractivity contribution is 7.19. The van der Waals surface area contributed by atoms with Crippen LogP contribution in [-0.2, 0) is 4.79 Å². The first-order chi connectivity index (χ1) is 15.4. The van der Waals surface area contributed by atoms with Crippen molar-refractivity contribution in [2.24, 2.45) is 11.3 Å². The Kier molecular flexibility index (Phi) is 7.00. The number of aliphatic hydroxyl groups is 1. The van der Waals surface area contributed by atoms with E-state index in [1.165, 1.54) is 16.9 Å². The molecule has 32 heavy (non-hydrogen) atoms. The molecule has 1 aliphatic carbocycles. The molecule has 1 aliphatic heterocycles. The van der Waals surface area contributed by atoms with Crippen molar-refractivity contribution in [1.29, 1.82) is 0 Å². The van der Waals surface area contributed by atoms with Gasteiger partial charge in [0, 0.05) is 38.4 Å². The lowest BCUT2D eigenvalue weighted by atomic mass is 9.65. The van der Waals surface area contributed by atoms with Crippen molar-refractivity contribution in [3.8, 4) is 0 Å². The number of hydrogen-bond donors (Lipinski definition) is 3. The monoisotopic (exact) mass is 457 g/mol. The summed E-state index contributed by atoms with van der Waals surface area (Å²) >= 11 is 1.34. The molecule has 10 heteroatoms. The number of aliphatic hydroxyl groups excluding tert-OH is 1. The van der Waals surface area contributed by atoms with Crippen LogP contribution in [0.15, 0.2) is 30.5 Å². The van der Waals surface area contributed by atoms with Gasteiger partial charge in [0.2, 0.25) is 16.2 Å². The Hall–Kier alpha value is -2.59. The van der Waals surface area contributed by atoms with E-state index >= 15 is 0 Å². The average Bonchev–Trinajstić information content (AvgIpc) is 3.37. The maximum atomic E-state index is 12.8. The molecule has 9 nitrogen and oxygen atoms in total. The molecule has 1 saturated carbocycles. The number of nitrogens with zero attached hydrogens (tertiary/aromatic N) is 5. The van der Waals surface area contributed by atoms with Gasteiger partial charge in [-0.2, -0.15) is 5.10 Å². The van der Waals surface area contributed by atoms with Gasteiger partial charge in [0.1, 0.15) is 0 Å². The molecule has 0 spiro atoms. The summed E-state index contributed by atoms with van der Waals surface area (Å²) in [5.41, 5.74) is 0.937. The molecule has 3 unspecified atom stereocenters. The van der Waals surface area contributed by atoms with Crippen LogP contribution in [0.5, 0.6) is 0 Å². The summed E-state index contributed by atoms with van der Waals surface area (Å²) in [4.78, 5) is 15.0. The molecule has 2 aromatic rings. The van der Waals surface area contributed by atoms with Gasteiger partial charge >= 0.3 is 0 Å². The lowest BCUT2D eigenvalue weighted by molar-refractivity contribution is -0.119. The first kappa shape index (κ1) is 22.6. The SMILES string of the molecule is C=C1CC(C)CC(CCO)(CC(=O)Nc2nnc(NC3CCN(c4cccnn4)C3)s2)C1. The molecule has 1 saturated heterocycles. The second-order valence-electron chi connectivity index (χ2n) is 9.21. The van der Waals surface area contributed by atoms with E-state index in [2.05, 4.69) is 49.4 Å². The molecule has 4 rings (SSSR count). The Balaban J connectivity index is 1.31. The average molecular weight is 458 g/mol. The van der Waals surface area contributed by atoms with Gasteiger partial charge in [0.25, 0.3) is 0 Å². The van der Waals surface area contributed by atoms with Crippen molar-refractivity contribution in [2.75, 3.05) is 35.2 Å². The third-order valence-corrected chi connectivity index (χ3v) is 7.06. The molecule has 0 radical (unpaired) electrons. The smallest absolute Gasteiger partial charge is 0.226 e.